The fourth-order valence-electron chi connectivity index (χ4n) is 1.22. The van der Waals surface area contributed by atoms with Gasteiger partial charge in [-0.1, -0.05) is 6.92 Å². The molecule has 4 nitrogen and oxygen atoms in total. The molecule has 0 spiro atoms. The van der Waals surface area contributed by atoms with Gasteiger partial charge in [0.25, 0.3) is 0 Å². The summed E-state index contributed by atoms with van der Waals surface area (Å²) in [5.41, 5.74) is 1.51. The van der Waals surface area contributed by atoms with Crippen molar-refractivity contribution in [3.63, 3.8) is 0 Å². The molecule has 0 bridgehead atoms. The maximum atomic E-state index is 4.51. The van der Waals surface area contributed by atoms with E-state index >= 15 is 0 Å². The smallest absolute Gasteiger partial charge is 0.113 e. The Morgan fingerprint density at radius 1 is 1.05 bits per heavy atom. The first-order valence-corrected chi connectivity index (χ1v) is 6.96. The van der Waals surface area contributed by atoms with Crippen molar-refractivity contribution >= 4 is 5.71 Å². The van der Waals surface area contributed by atoms with Crippen LogP contribution in [0.3, 0.4) is 0 Å². The molecule has 4 heteroatoms. The highest BCUT2D eigenvalue weighted by Crippen LogP contribution is 2.23. The lowest BCUT2D eigenvalue weighted by Crippen LogP contribution is -2.28. The van der Waals surface area contributed by atoms with Gasteiger partial charge in [-0.15, -0.1) is 0 Å². The minimum Gasteiger partial charge on any atom is -0.391 e. The Labute approximate surface area is 118 Å². The highest BCUT2D eigenvalue weighted by molar-refractivity contribution is 5.90. The van der Waals surface area contributed by atoms with Gasteiger partial charge in [-0.25, -0.2) is 0 Å². The fourth-order valence-corrected chi connectivity index (χ4v) is 1.22. The van der Waals surface area contributed by atoms with Crippen LogP contribution in [0.1, 0.15) is 54.9 Å². The maximum Gasteiger partial charge on any atom is 0.113 e. The second-order valence-electron chi connectivity index (χ2n) is 5.91. The zero-order chi connectivity index (χ0) is 15.1. The lowest BCUT2D eigenvalue weighted by molar-refractivity contribution is 0.518. The summed E-state index contributed by atoms with van der Waals surface area (Å²) in [6, 6.07) is 0. The van der Waals surface area contributed by atoms with Crippen molar-refractivity contribution in [1.82, 2.24) is 5.32 Å². The molecule has 0 heterocycles. The van der Waals surface area contributed by atoms with Gasteiger partial charge in [-0.3, -0.25) is 4.99 Å². The fraction of sp³-hybridized carbons (Fsp3) is 0.800. The first kappa shape index (κ1) is 17.8. The standard InChI is InChI=1S/C15H30N4/c1-9-10-17-11-12(2)14(4,5)18-19-15(6,7)13(3)16-8/h11,17H,9-10H2,1-8H3/b12-11+,16-13?,19-18?. The van der Waals surface area contributed by atoms with E-state index in [2.05, 4.69) is 48.2 Å². The quantitative estimate of drug-likeness (QED) is 0.423. The molecule has 0 aliphatic carbocycles. The van der Waals surface area contributed by atoms with Gasteiger partial charge in [0.1, 0.15) is 5.54 Å². The van der Waals surface area contributed by atoms with E-state index in [9.17, 15) is 0 Å². The largest absolute Gasteiger partial charge is 0.391 e. The Kier molecular flexibility index (Phi) is 6.95. The van der Waals surface area contributed by atoms with Gasteiger partial charge < -0.3 is 5.32 Å². The molecule has 0 radical (unpaired) electrons. The highest BCUT2D eigenvalue weighted by atomic mass is 15.2. The summed E-state index contributed by atoms with van der Waals surface area (Å²) in [4.78, 5) is 4.20. The zero-order valence-electron chi connectivity index (χ0n) is 13.8. The molecule has 19 heavy (non-hydrogen) atoms. The number of nitrogens with zero attached hydrogens (tertiary/aromatic N) is 3. The molecule has 0 amide bonds. The lowest BCUT2D eigenvalue weighted by atomic mass is 9.97. The minimum absolute atomic E-state index is 0.300. The highest BCUT2D eigenvalue weighted by Gasteiger charge is 2.24. The number of hydrogen-bond donors (Lipinski definition) is 1. The van der Waals surface area contributed by atoms with Crippen molar-refractivity contribution in [2.45, 2.75) is 66.0 Å². The third-order valence-corrected chi connectivity index (χ3v) is 3.45. The monoisotopic (exact) mass is 266 g/mol. The molecule has 0 aromatic carbocycles. The third-order valence-electron chi connectivity index (χ3n) is 3.45. The molecule has 0 aromatic heterocycles. The molecule has 0 atom stereocenters. The van der Waals surface area contributed by atoms with Crippen molar-refractivity contribution in [3.8, 4) is 0 Å². The van der Waals surface area contributed by atoms with Gasteiger partial charge in [-0.2, -0.15) is 10.2 Å². The summed E-state index contributed by atoms with van der Waals surface area (Å²) in [6.07, 6.45) is 3.15. The summed E-state index contributed by atoms with van der Waals surface area (Å²) in [7, 11) is 1.79. The zero-order valence-corrected chi connectivity index (χ0v) is 13.8. The van der Waals surface area contributed by atoms with E-state index in [-0.39, 0.29) is 11.1 Å². The van der Waals surface area contributed by atoms with Crippen LogP contribution in [0, 0.1) is 0 Å². The van der Waals surface area contributed by atoms with E-state index in [4.69, 9.17) is 0 Å². The molecule has 110 valence electrons. The Balaban J connectivity index is 4.90. The van der Waals surface area contributed by atoms with Crippen LogP contribution in [0.5, 0.6) is 0 Å². The van der Waals surface area contributed by atoms with Crippen LogP contribution >= 0.6 is 0 Å². The number of aliphatic imine (C=N–C) groups is 1. The van der Waals surface area contributed by atoms with E-state index in [1.54, 1.807) is 7.05 Å². The van der Waals surface area contributed by atoms with Gasteiger partial charge in [0.2, 0.25) is 0 Å². The van der Waals surface area contributed by atoms with Crippen LogP contribution < -0.4 is 5.32 Å². The van der Waals surface area contributed by atoms with E-state index < -0.39 is 0 Å². The number of hydrogen-bond acceptors (Lipinski definition) is 4. The first-order valence-electron chi connectivity index (χ1n) is 6.96. The van der Waals surface area contributed by atoms with Crippen LogP contribution in [0.4, 0.5) is 0 Å². The van der Waals surface area contributed by atoms with Gasteiger partial charge in [-0.05, 0) is 59.7 Å². The van der Waals surface area contributed by atoms with Crippen molar-refractivity contribution < 1.29 is 0 Å². The summed E-state index contributed by atoms with van der Waals surface area (Å²) in [6.45, 7) is 15.4. The summed E-state index contributed by atoms with van der Waals surface area (Å²) < 4.78 is 0. The van der Waals surface area contributed by atoms with Crippen LogP contribution in [0.2, 0.25) is 0 Å². The molecule has 0 aromatic rings. The average molecular weight is 266 g/mol. The van der Waals surface area contributed by atoms with Crippen molar-refractivity contribution in [2.24, 2.45) is 15.2 Å². The lowest BCUT2D eigenvalue weighted by Gasteiger charge is -2.24. The summed E-state index contributed by atoms with van der Waals surface area (Å²) >= 11 is 0. The second-order valence-corrected chi connectivity index (χ2v) is 5.91. The van der Waals surface area contributed by atoms with Gasteiger partial charge in [0.05, 0.1) is 5.54 Å². The SMILES string of the molecule is CCCN/C=C(\C)C(C)(C)N=NC(C)(C)C(C)=NC. The Morgan fingerprint density at radius 2 is 1.58 bits per heavy atom. The molecular weight excluding hydrogens is 236 g/mol. The predicted molar refractivity (Wildman–Crippen MR) is 84.1 cm³/mol. The van der Waals surface area contributed by atoms with E-state index in [0.717, 1.165) is 18.7 Å². The van der Waals surface area contributed by atoms with Crippen LogP contribution in [0.15, 0.2) is 27.0 Å². The molecule has 0 fully saturated rings. The van der Waals surface area contributed by atoms with Crippen LogP contribution in [-0.2, 0) is 0 Å². The molecule has 0 saturated heterocycles. The predicted octanol–water partition coefficient (Wildman–Crippen LogP) is 3.99. The maximum absolute atomic E-state index is 4.51. The third kappa shape index (κ3) is 5.99. The molecule has 0 aliphatic rings. The molecule has 0 saturated carbocycles. The van der Waals surface area contributed by atoms with E-state index in [0.29, 0.717) is 0 Å². The average Bonchev–Trinajstić information content (AvgIpc) is 2.35. The molecule has 0 rings (SSSR count). The Morgan fingerprint density at radius 3 is 2.05 bits per heavy atom. The number of azo groups is 1. The molecular formula is C15H30N4. The number of rotatable bonds is 7. The Hall–Kier alpha value is -1.19. The van der Waals surface area contributed by atoms with Gasteiger partial charge >= 0.3 is 0 Å². The first-order chi connectivity index (χ1) is 8.67. The van der Waals surface area contributed by atoms with E-state index in [1.165, 1.54) is 5.57 Å². The molecule has 1 N–H and O–H groups in total. The second kappa shape index (κ2) is 7.41. The molecule has 0 aliphatic heterocycles. The normalized spacial score (nSPS) is 15.2. The van der Waals surface area contributed by atoms with Gasteiger partial charge in [0.15, 0.2) is 0 Å². The Bertz CT molecular complexity index is 362. The number of nitrogens with one attached hydrogen (secondary N) is 1. The van der Waals surface area contributed by atoms with Gasteiger partial charge in [0, 0.05) is 19.3 Å². The van der Waals surface area contributed by atoms with Crippen LogP contribution in [-0.4, -0.2) is 30.4 Å². The summed E-state index contributed by atoms with van der Waals surface area (Å²) in [5.74, 6) is 0. The molecule has 0 unspecified atom stereocenters. The van der Waals surface area contributed by atoms with Crippen molar-refractivity contribution in [3.05, 3.63) is 11.8 Å². The van der Waals surface area contributed by atoms with Crippen LogP contribution in [0.25, 0.3) is 0 Å². The topological polar surface area (TPSA) is 49.1 Å². The van der Waals surface area contributed by atoms with E-state index in [1.807, 2.05) is 27.0 Å². The van der Waals surface area contributed by atoms with Crippen molar-refractivity contribution in [2.75, 3.05) is 13.6 Å². The summed E-state index contributed by atoms with van der Waals surface area (Å²) in [5, 5.41) is 12.3. The van der Waals surface area contributed by atoms with Crippen molar-refractivity contribution in [1.29, 1.82) is 0 Å². The minimum atomic E-state index is -0.344.